The second-order valence-electron chi connectivity index (χ2n) is 8.73. The van der Waals surface area contributed by atoms with E-state index in [1.807, 2.05) is 25.7 Å². The average Bonchev–Trinajstić information content (AvgIpc) is 3.03. The molecule has 1 N–H and O–H groups in total. The highest BCUT2D eigenvalue weighted by atomic mass is 16.6. The Kier molecular flexibility index (Phi) is 4.31. The maximum atomic E-state index is 12.5. The molecule has 0 radical (unpaired) electrons. The molecule has 122 valence electrons. The maximum absolute atomic E-state index is 12.5. The zero-order valence-corrected chi connectivity index (χ0v) is 14.2. The van der Waals surface area contributed by atoms with E-state index in [2.05, 4.69) is 13.8 Å². The van der Waals surface area contributed by atoms with Crippen molar-refractivity contribution in [2.75, 3.05) is 6.54 Å². The van der Waals surface area contributed by atoms with E-state index in [-0.39, 0.29) is 17.6 Å². The van der Waals surface area contributed by atoms with E-state index < -0.39 is 11.2 Å². The number of hydrogen-bond donors (Lipinski definition) is 1. The molecule has 0 aromatic heterocycles. The van der Waals surface area contributed by atoms with Gasteiger partial charge in [0.2, 0.25) is 0 Å². The molecular weight excluding hydrogens is 266 g/mol. The van der Waals surface area contributed by atoms with Gasteiger partial charge in [-0.05, 0) is 64.7 Å². The molecule has 1 saturated heterocycles. The number of nitrogens with zero attached hydrogens (tertiary/aromatic N) is 1. The molecule has 1 heterocycles. The number of aliphatic hydroxyl groups is 1. The molecular formula is C17H31NO3. The lowest BCUT2D eigenvalue weighted by Crippen LogP contribution is -2.51. The van der Waals surface area contributed by atoms with Crippen molar-refractivity contribution in [1.29, 1.82) is 0 Å². The SMILES string of the molecule is CC1(C)CCC(CCC2(O)CC2)N(C(=O)OC(C)(C)C)C1. The second kappa shape index (κ2) is 5.45. The molecule has 1 amide bonds. The molecule has 4 nitrogen and oxygen atoms in total. The summed E-state index contributed by atoms with van der Waals surface area (Å²) < 4.78 is 5.57. The molecule has 2 fully saturated rings. The number of hydrogen-bond acceptors (Lipinski definition) is 3. The van der Waals surface area contributed by atoms with Gasteiger partial charge in [-0.15, -0.1) is 0 Å². The highest BCUT2D eigenvalue weighted by molar-refractivity contribution is 5.68. The Morgan fingerprint density at radius 2 is 1.90 bits per heavy atom. The molecule has 0 spiro atoms. The first-order chi connectivity index (χ1) is 9.50. The van der Waals surface area contributed by atoms with E-state index in [0.29, 0.717) is 0 Å². The Labute approximate surface area is 128 Å². The fraction of sp³-hybridized carbons (Fsp3) is 0.941. The quantitative estimate of drug-likeness (QED) is 0.863. The number of carbonyl (C=O) groups excluding carboxylic acids is 1. The molecule has 1 atom stereocenters. The van der Waals surface area contributed by atoms with Crippen LogP contribution in [0.2, 0.25) is 0 Å². The predicted octanol–water partition coefficient (Wildman–Crippen LogP) is 3.72. The van der Waals surface area contributed by atoms with E-state index in [0.717, 1.165) is 45.1 Å². The first kappa shape index (κ1) is 16.6. The van der Waals surface area contributed by atoms with Gasteiger partial charge >= 0.3 is 6.09 Å². The fourth-order valence-corrected chi connectivity index (χ4v) is 3.05. The molecule has 0 aromatic rings. The molecule has 1 aliphatic carbocycles. The highest BCUT2D eigenvalue weighted by Crippen LogP contribution is 2.42. The number of amides is 1. The lowest BCUT2D eigenvalue weighted by molar-refractivity contribution is -0.0117. The number of rotatable bonds is 3. The number of ether oxygens (including phenoxy) is 1. The Balaban J connectivity index is 2.00. The smallest absolute Gasteiger partial charge is 0.410 e. The summed E-state index contributed by atoms with van der Waals surface area (Å²) in [6.07, 6.45) is 5.43. The molecule has 2 aliphatic rings. The van der Waals surface area contributed by atoms with Crippen molar-refractivity contribution in [3.63, 3.8) is 0 Å². The Morgan fingerprint density at radius 1 is 1.29 bits per heavy atom. The third-order valence-electron chi connectivity index (χ3n) is 4.59. The summed E-state index contributed by atoms with van der Waals surface area (Å²) in [5.41, 5.74) is -0.756. The van der Waals surface area contributed by atoms with Crippen LogP contribution >= 0.6 is 0 Å². The topological polar surface area (TPSA) is 49.8 Å². The Hall–Kier alpha value is -0.770. The molecule has 2 rings (SSSR count). The normalized spacial score (nSPS) is 27.3. The van der Waals surface area contributed by atoms with E-state index in [9.17, 15) is 9.90 Å². The summed E-state index contributed by atoms with van der Waals surface area (Å²) in [6.45, 7) is 10.9. The second-order valence-corrected chi connectivity index (χ2v) is 8.73. The largest absolute Gasteiger partial charge is 0.444 e. The van der Waals surface area contributed by atoms with Crippen molar-refractivity contribution in [1.82, 2.24) is 4.90 Å². The van der Waals surface area contributed by atoms with E-state index in [1.165, 1.54) is 0 Å². The lowest BCUT2D eigenvalue weighted by Gasteiger charge is -2.44. The lowest BCUT2D eigenvalue weighted by atomic mass is 9.80. The van der Waals surface area contributed by atoms with Crippen molar-refractivity contribution >= 4 is 6.09 Å². The van der Waals surface area contributed by atoms with Gasteiger partial charge in [0.15, 0.2) is 0 Å². The first-order valence-electron chi connectivity index (χ1n) is 8.22. The van der Waals surface area contributed by atoms with Crippen LogP contribution in [-0.4, -0.2) is 39.9 Å². The van der Waals surface area contributed by atoms with Crippen LogP contribution < -0.4 is 0 Å². The van der Waals surface area contributed by atoms with E-state index >= 15 is 0 Å². The van der Waals surface area contributed by atoms with Gasteiger partial charge in [-0.25, -0.2) is 4.79 Å². The van der Waals surface area contributed by atoms with Crippen molar-refractivity contribution in [2.45, 2.75) is 90.4 Å². The van der Waals surface area contributed by atoms with Crippen LogP contribution in [0.25, 0.3) is 0 Å². The van der Waals surface area contributed by atoms with Gasteiger partial charge in [0, 0.05) is 12.6 Å². The molecule has 0 aromatic carbocycles. The number of piperidine rings is 1. The van der Waals surface area contributed by atoms with Gasteiger partial charge in [0.25, 0.3) is 0 Å². The molecule has 0 bridgehead atoms. The molecule has 1 unspecified atom stereocenters. The van der Waals surface area contributed by atoms with Crippen LogP contribution in [0.1, 0.15) is 73.1 Å². The number of likely N-dealkylation sites (tertiary alicyclic amines) is 1. The maximum Gasteiger partial charge on any atom is 0.410 e. The van der Waals surface area contributed by atoms with Gasteiger partial charge in [-0.3, -0.25) is 0 Å². The van der Waals surface area contributed by atoms with Crippen molar-refractivity contribution in [3.8, 4) is 0 Å². The van der Waals surface area contributed by atoms with Crippen LogP contribution in [0.15, 0.2) is 0 Å². The fourth-order valence-electron chi connectivity index (χ4n) is 3.05. The first-order valence-corrected chi connectivity index (χ1v) is 8.22. The zero-order valence-electron chi connectivity index (χ0n) is 14.2. The molecule has 1 aliphatic heterocycles. The Morgan fingerprint density at radius 3 is 2.43 bits per heavy atom. The van der Waals surface area contributed by atoms with E-state index in [1.54, 1.807) is 0 Å². The van der Waals surface area contributed by atoms with Gasteiger partial charge < -0.3 is 14.7 Å². The minimum Gasteiger partial charge on any atom is -0.444 e. The molecule has 21 heavy (non-hydrogen) atoms. The van der Waals surface area contributed by atoms with Crippen LogP contribution in [0.4, 0.5) is 4.79 Å². The molecule has 1 saturated carbocycles. The van der Waals surface area contributed by atoms with E-state index in [4.69, 9.17) is 4.74 Å². The molecule has 4 heteroatoms. The number of carbonyl (C=O) groups is 1. The van der Waals surface area contributed by atoms with Crippen LogP contribution in [0, 0.1) is 5.41 Å². The van der Waals surface area contributed by atoms with Gasteiger partial charge in [-0.1, -0.05) is 13.8 Å². The average molecular weight is 297 g/mol. The van der Waals surface area contributed by atoms with Crippen LogP contribution in [0.3, 0.4) is 0 Å². The summed E-state index contributed by atoms with van der Waals surface area (Å²) in [6, 6.07) is 0.206. The summed E-state index contributed by atoms with van der Waals surface area (Å²) in [4.78, 5) is 14.4. The van der Waals surface area contributed by atoms with Crippen LogP contribution in [0.5, 0.6) is 0 Å². The van der Waals surface area contributed by atoms with Crippen molar-refractivity contribution in [3.05, 3.63) is 0 Å². The van der Waals surface area contributed by atoms with Gasteiger partial charge in [0.05, 0.1) is 5.60 Å². The standard InChI is InChI=1S/C17H31NO3/c1-15(2,3)21-14(19)18-12-16(4,5)8-6-13(18)7-9-17(20)10-11-17/h13,20H,6-12H2,1-5H3. The Bertz CT molecular complexity index is 393. The third kappa shape index (κ3) is 4.87. The van der Waals surface area contributed by atoms with Crippen molar-refractivity contribution < 1.29 is 14.6 Å². The minimum absolute atomic E-state index is 0.143. The summed E-state index contributed by atoms with van der Waals surface area (Å²) in [7, 11) is 0. The minimum atomic E-state index is -0.460. The summed E-state index contributed by atoms with van der Waals surface area (Å²) in [5.74, 6) is 0. The van der Waals surface area contributed by atoms with Crippen molar-refractivity contribution in [2.24, 2.45) is 5.41 Å². The zero-order chi connectivity index (χ0) is 15.9. The highest BCUT2D eigenvalue weighted by Gasteiger charge is 2.43. The monoisotopic (exact) mass is 297 g/mol. The van der Waals surface area contributed by atoms with Gasteiger partial charge in [-0.2, -0.15) is 0 Å². The predicted molar refractivity (Wildman–Crippen MR) is 83.2 cm³/mol. The van der Waals surface area contributed by atoms with Gasteiger partial charge in [0.1, 0.15) is 5.60 Å². The third-order valence-corrected chi connectivity index (χ3v) is 4.59. The summed E-state index contributed by atoms with van der Waals surface area (Å²) >= 11 is 0. The summed E-state index contributed by atoms with van der Waals surface area (Å²) in [5, 5.41) is 10.0. The van der Waals surface area contributed by atoms with Crippen LogP contribution in [-0.2, 0) is 4.74 Å².